The first-order valence-corrected chi connectivity index (χ1v) is 7.95. The Bertz CT molecular complexity index is 941. The zero-order valence-electron chi connectivity index (χ0n) is 14.7. The van der Waals surface area contributed by atoms with Gasteiger partial charge in [0.1, 0.15) is 11.3 Å². The number of aryl methyl sites for hydroxylation is 1. The van der Waals surface area contributed by atoms with Gasteiger partial charge in [0.2, 0.25) is 0 Å². The highest BCUT2D eigenvalue weighted by atomic mass is 19.4. The van der Waals surface area contributed by atoms with Gasteiger partial charge < -0.3 is 14.8 Å². The van der Waals surface area contributed by atoms with Gasteiger partial charge in [-0.1, -0.05) is 30.3 Å². The molecular formula is C20H18F3NO3. The van der Waals surface area contributed by atoms with E-state index < -0.39 is 12.1 Å². The molecule has 0 saturated carbocycles. The van der Waals surface area contributed by atoms with Gasteiger partial charge >= 0.3 is 12.1 Å². The van der Waals surface area contributed by atoms with Crippen molar-refractivity contribution >= 4 is 34.8 Å². The summed E-state index contributed by atoms with van der Waals surface area (Å²) in [4.78, 5) is 8.90. The first-order chi connectivity index (χ1) is 12.7. The average Bonchev–Trinajstić information content (AvgIpc) is 3.02. The predicted molar refractivity (Wildman–Crippen MR) is 99.6 cm³/mol. The van der Waals surface area contributed by atoms with E-state index in [1.807, 2.05) is 13.1 Å². The highest BCUT2D eigenvalue weighted by molar-refractivity contribution is 5.82. The lowest BCUT2D eigenvalue weighted by atomic mass is 10.1. The lowest BCUT2D eigenvalue weighted by Crippen LogP contribution is -2.21. The van der Waals surface area contributed by atoms with Gasteiger partial charge in [-0.25, -0.2) is 4.79 Å². The van der Waals surface area contributed by atoms with E-state index in [9.17, 15) is 13.2 Å². The molecule has 0 amide bonds. The van der Waals surface area contributed by atoms with Crippen molar-refractivity contribution in [2.24, 2.45) is 0 Å². The van der Waals surface area contributed by atoms with Crippen LogP contribution in [0.15, 0.2) is 52.9 Å². The molecule has 3 aromatic rings. The summed E-state index contributed by atoms with van der Waals surface area (Å²) in [5.74, 6) is -1.88. The van der Waals surface area contributed by atoms with Gasteiger partial charge in [-0.15, -0.1) is 0 Å². The molecule has 0 saturated heterocycles. The number of nitrogens with one attached hydrogen (secondary N) is 1. The Morgan fingerprint density at radius 3 is 2.26 bits per heavy atom. The second kappa shape index (κ2) is 8.44. The highest BCUT2D eigenvalue weighted by Gasteiger charge is 2.38. The maximum Gasteiger partial charge on any atom is 0.490 e. The van der Waals surface area contributed by atoms with E-state index >= 15 is 0 Å². The lowest BCUT2D eigenvalue weighted by molar-refractivity contribution is -0.192. The molecule has 0 unspecified atom stereocenters. The van der Waals surface area contributed by atoms with E-state index in [0.717, 1.165) is 28.0 Å². The fourth-order valence-electron chi connectivity index (χ4n) is 2.18. The highest BCUT2D eigenvalue weighted by Crippen LogP contribution is 2.22. The number of rotatable bonds is 3. The number of carboxylic acid groups (broad SMARTS) is 1. The summed E-state index contributed by atoms with van der Waals surface area (Å²) in [7, 11) is 1.92. The molecule has 0 aliphatic carbocycles. The van der Waals surface area contributed by atoms with Gasteiger partial charge in [0.05, 0.1) is 0 Å². The Labute approximate surface area is 153 Å². The number of hydrogen-bond acceptors (Lipinski definition) is 3. The van der Waals surface area contributed by atoms with Crippen LogP contribution in [0, 0.1) is 6.92 Å². The third kappa shape index (κ3) is 5.91. The zero-order chi connectivity index (χ0) is 20.0. The third-order valence-corrected chi connectivity index (χ3v) is 3.58. The minimum Gasteiger partial charge on any atom is -0.475 e. The number of fused-ring (bicyclic) bond motifs is 1. The number of aliphatic carboxylic acids is 1. The molecule has 3 rings (SSSR count). The van der Waals surface area contributed by atoms with Crippen molar-refractivity contribution in [3.05, 3.63) is 65.4 Å². The first-order valence-electron chi connectivity index (χ1n) is 7.95. The average molecular weight is 377 g/mol. The van der Waals surface area contributed by atoms with Crippen molar-refractivity contribution in [1.29, 1.82) is 0 Å². The molecule has 0 aliphatic rings. The van der Waals surface area contributed by atoms with Crippen LogP contribution in [0.2, 0.25) is 0 Å². The van der Waals surface area contributed by atoms with E-state index in [2.05, 4.69) is 66.8 Å². The zero-order valence-corrected chi connectivity index (χ0v) is 14.7. The van der Waals surface area contributed by atoms with Crippen LogP contribution in [0.3, 0.4) is 0 Å². The number of furan rings is 1. The van der Waals surface area contributed by atoms with Crippen molar-refractivity contribution in [2.45, 2.75) is 13.1 Å². The molecule has 0 spiro atoms. The molecule has 0 fully saturated rings. The third-order valence-electron chi connectivity index (χ3n) is 3.58. The summed E-state index contributed by atoms with van der Waals surface area (Å²) in [6.45, 7) is 2.07. The van der Waals surface area contributed by atoms with Gasteiger partial charge in [-0.2, -0.15) is 13.2 Å². The number of carbonyl (C=O) groups is 1. The molecule has 7 heteroatoms. The van der Waals surface area contributed by atoms with Gasteiger partial charge in [-0.05, 0) is 48.4 Å². The van der Waals surface area contributed by atoms with Crippen LogP contribution in [-0.2, 0) is 4.79 Å². The van der Waals surface area contributed by atoms with E-state index in [1.165, 1.54) is 5.56 Å². The predicted octanol–water partition coefficient (Wildman–Crippen LogP) is 5.59. The molecule has 27 heavy (non-hydrogen) atoms. The summed E-state index contributed by atoms with van der Waals surface area (Å²) < 4.78 is 37.6. The topological polar surface area (TPSA) is 62.5 Å². The number of alkyl halides is 3. The smallest absolute Gasteiger partial charge is 0.475 e. The second-order valence-corrected chi connectivity index (χ2v) is 5.70. The van der Waals surface area contributed by atoms with Crippen molar-refractivity contribution in [2.75, 3.05) is 12.4 Å². The molecule has 1 aromatic heterocycles. The molecule has 4 nitrogen and oxygen atoms in total. The van der Waals surface area contributed by atoms with Crippen molar-refractivity contribution in [3.8, 4) is 0 Å². The molecule has 142 valence electrons. The molecule has 1 heterocycles. The fourth-order valence-corrected chi connectivity index (χ4v) is 2.18. The Balaban J connectivity index is 0.000000321. The van der Waals surface area contributed by atoms with E-state index in [0.29, 0.717) is 0 Å². The van der Waals surface area contributed by atoms with Crippen LogP contribution in [0.4, 0.5) is 18.9 Å². The van der Waals surface area contributed by atoms with Crippen molar-refractivity contribution < 1.29 is 27.5 Å². The number of benzene rings is 2. The standard InChI is InChI=1S/C18H17NO.C2HF3O2/c1-13-3-7-15-12-17(20-18(15)11-13)10-6-14-4-8-16(19-2)9-5-14;3-2(4,5)1(6)7/h3-12,19H,1-2H3;(H,6,7)/b10-6+;. The summed E-state index contributed by atoms with van der Waals surface area (Å²) in [5.41, 5.74) is 4.42. The minimum atomic E-state index is -5.08. The molecule has 0 atom stereocenters. The summed E-state index contributed by atoms with van der Waals surface area (Å²) >= 11 is 0. The molecule has 0 aliphatic heterocycles. The summed E-state index contributed by atoms with van der Waals surface area (Å²) in [5, 5.41) is 11.4. The monoisotopic (exact) mass is 377 g/mol. The van der Waals surface area contributed by atoms with Gasteiger partial charge in [0, 0.05) is 18.1 Å². The van der Waals surface area contributed by atoms with E-state index in [1.54, 1.807) is 0 Å². The van der Waals surface area contributed by atoms with Crippen LogP contribution < -0.4 is 5.32 Å². The van der Waals surface area contributed by atoms with E-state index in [4.69, 9.17) is 14.3 Å². The molecule has 0 bridgehead atoms. The van der Waals surface area contributed by atoms with Crippen LogP contribution in [-0.4, -0.2) is 24.3 Å². The summed E-state index contributed by atoms with van der Waals surface area (Å²) in [6.07, 6.45) is -1.02. The number of carboxylic acids is 1. The number of hydrogen-bond donors (Lipinski definition) is 2. The summed E-state index contributed by atoms with van der Waals surface area (Å²) in [6, 6.07) is 16.6. The Hall–Kier alpha value is -3.22. The van der Waals surface area contributed by atoms with Gasteiger partial charge in [-0.3, -0.25) is 0 Å². The van der Waals surface area contributed by atoms with Crippen LogP contribution >= 0.6 is 0 Å². The maximum atomic E-state index is 10.6. The Morgan fingerprint density at radius 2 is 1.70 bits per heavy atom. The molecule has 2 N–H and O–H groups in total. The van der Waals surface area contributed by atoms with Gasteiger partial charge in [0.25, 0.3) is 0 Å². The van der Waals surface area contributed by atoms with Crippen molar-refractivity contribution in [3.63, 3.8) is 0 Å². The largest absolute Gasteiger partial charge is 0.490 e. The van der Waals surface area contributed by atoms with Crippen LogP contribution in [0.1, 0.15) is 16.9 Å². The quantitative estimate of drug-likeness (QED) is 0.625. The molecular weight excluding hydrogens is 359 g/mol. The molecule has 0 radical (unpaired) electrons. The number of anilines is 1. The van der Waals surface area contributed by atoms with Crippen LogP contribution in [0.25, 0.3) is 23.1 Å². The van der Waals surface area contributed by atoms with Crippen LogP contribution in [0.5, 0.6) is 0 Å². The van der Waals surface area contributed by atoms with E-state index in [-0.39, 0.29) is 0 Å². The van der Waals surface area contributed by atoms with Crippen molar-refractivity contribution in [1.82, 2.24) is 0 Å². The first kappa shape index (κ1) is 20.1. The normalized spacial score (nSPS) is 11.3. The SMILES string of the molecule is CNc1ccc(/C=C/c2cc3ccc(C)cc3o2)cc1.O=C(O)C(F)(F)F. The Kier molecular flexibility index (Phi) is 6.28. The molecule has 2 aromatic carbocycles. The second-order valence-electron chi connectivity index (χ2n) is 5.70. The number of halogens is 3. The lowest BCUT2D eigenvalue weighted by Gasteiger charge is -1.98. The fraction of sp³-hybridized carbons (Fsp3) is 0.150. The van der Waals surface area contributed by atoms with Gasteiger partial charge in [0.15, 0.2) is 0 Å². The minimum absolute atomic E-state index is 0.878. The Morgan fingerprint density at radius 1 is 1.07 bits per heavy atom. The maximum absolute atomic E-state index is 10.6.